The number of hydrogen-bond acceptors (Lipinski definition) is 8. The molecular formula is C64H64N6O2. The molecule has 0 aliphatic heterocycles. The third-order valence-electron chi connectivity index (χ3n) is 13.5. The van der Waals surface area contributed by atoms with Crippen LogP contribution in [0.5, 0.6) is 11.5 Å². The van der Waals surface area contributed by atoms with Crippen LogP contribution in [0.15, 0.2) is 183 Å². The van der Waals surface area contributed by atoms with E-state index in [1.54, 1.807) is 24.8 Å². The zero-order valence-corrected chi connectivity index (χ0v) is 42.0. The maximum absolute atomic E-state index is 7.01. The number of nitrogens with zero attached hydrogens (tertiary/aromatic N) is 6. The zero-order valence-electron chi connectivity index (χ0n) is 42.0. The van der Waals surface area contributed by atoms with E-state index in [4.69, 9.17) is 19.4 Å². The van der Waals surface area contributed by atoms with E-state index in [9.17, 15) is 0 Å². The first-order valence-corrected chi connectivity index (χ1v) is 25.8. The normalized spacial score (nSPS) is 12.1. The second-order valence-electron chi connectivity index (χ2n) is 18.6. The summed E-state index contributed by atoms with van der Waals surface area (Å²) >= 11 is 0. The van der Waals surface area contributed by atoms with Crippen molar-refractivity contribution in [2.45, 2.75) is 79.1 Å². The Morgan fingerprint density at radius 2 is 0.667 bits per heavy atom. The molecule has 0 amide bonds. The minimum absolute atomic E-state index is 0.448. The summed E-state index contributed by atoms with van der Waals surface area (Å²) in [6.07, 6.45) is 16.3. The number of pyridine rings is 6. The number of hydrogen-bond donors (Lipinski definition) is 0. The molecule has 9 rings (SSSR count). The maximum atomic E-state index is 7.01. The van der Waals surface area contributed by atoms with Crippen LogP contribution in [0.3, 0.4) is 0 Å². The van der Waals surface area contributed by atoms with Crippen LogP contribution < -0.4 is 9.47 Å². The lowest BCUT2D eigenvalue weighted by Crippen LogP contribution is -2.13. The van der Waals surface area contributed by atoms with E-state index in [2.05, 4.69) is 133 Å². The van der Waals surface area contributed by atoms with Crippen molar-refractivity contribution in [2.75, 3.05) is 13.2 Å². The van der Waals surface area contributed by atoms with Crippen LogP contribution in [-0.2, 0) is 0 Å². The van der Waals surface area contributed by atoms with E-state index in [1.807, 2.05) is 72.8 Å². The first kappa shape index (κ1) is 49.2. The molecule has 2 atom stereocenters. The van der Waals surface area contributed by atoms with Crippen LogP contribution >= 0.6 is 0 Å². The van der Waals surface area contributed by atoms with E-state index < -0.39 is 0 Å². The first-order chi connectivity index (χ1) is 35.5. The average molecular weight is 949 g/mol. The molecule has 0 radical (unpaired) electrons. The minimum Gasteiger partial charge on any atom is -0.493 e. The lowest BCUT2D eigenvalue weighted by Gasteiger charge is -2.22. The highest BCUT2D eigenvalue weighted by atomic mass is 16.5. The predicted octanol–water partition coefficient (Wildman–Crippen LogP) is 16.6. The van der Waals surface area contributed by atoms with Gasteiger partial charge < -0.3 is 9.47 Å². The first-order valence-electron chi connectivity index (χ1n) is 25.8. The molecule has 6 heterocycles. The Morgan fingerprint density at radius 1 is 0.347 bits per heavy atom. The molecule has 0 saturated heterocycles. The van der Waals surface area contributed by atoms with E-state index in [0.717, 1.165) is 140 Å². The quantitative estimate of drug-likeness (QED) is 0.0663. The molecule has 2 unspecified atom stereocenters. The summed E-state index contributed by atoms with van der Waals surface area (Å²) in [5.74, 6) is 2.58. The second kappa shape index (κ2) is 24.3. The van der Waals surface area contributed by atoms with Gasteiger partial charge in [0, 0.05) is 35.9 Å². The summed E-state index contributed by atoms with van der Waals surface area (Å²) in [5.41, 5.74) is 14.7. The number of ether oxygens (including phenoxy) is 2. The largest absolute Gasteiger partial charge is 0.493 e. The van der Waals surface area contributed by atoms with Crippen molar-refractivity contribution in [3.8, 4) is 102 Å². The second-order valence-corrected chi connectivity index (χ2v) is 18.6. The van der Waals surface area contributed by atoms with Gasteiger partial charge in [-0.25, -0.2) is 9.97 Å². The SMILES string of the molecule is CCCCC(CC)COc1cc(-c2ccc(-c3cc(-c4ccccn4)nc(-c4ccccn4)c3)cc2)c(OCC(CC)CCCC)cc1-c1ccc(-c2cc(-c3ccccn3)nc(-c3ccccn3)c2)cc1. The fourth-order valence-corrected chi connectivity index (χ4v) is 9.12. The Labute approximate surface area is 425 Å². The third-order valence-corrected chi connectivity index (χ3v) is 13.5. The molecular weight excluding hydrogens is 885 g/mol. The van der Waals surface area contributed by atoms with Crippen molar-refractivity contribution in [1.29, 1.82) is 0 Å². The summed E-state index contributed by atoms with van der Waals surface area (Å²) < 4.78 is 14.0. The molecule has 72 heavy (non-hydrogen) atoms. The van der Waals surface area contributed by atoms with E-state index in [1.165, 1.54) is 12.8 Å². The fraction of sp³-hybridized carbons (Fsp3) is 0.250. The summed E-state index contributed by atoms with van der Waals surface area (Å²) in [5, 5.41) is 0. The Balaban J connectivity index is 1.13. The highest BCUT2D eigenvalue weighted by Crippen LogP contribution is 2.43. The predicted molar refractivity (Wildman–Crippen MR) is 294 cm³/mol. The number of benzene rings is 3. The summed E-state index contributed by atoms with van der Waals surface area (Å²) in [4.78, 5) is 28.6. The Hall–Kier alpha value is -7.84. The van der Waals surface area contributed by atoms with Crippen LogP contribution in [-0.4, -0.2) is 43.1 Å². The van der Waals surface area contributed by atoms with Gasteiger partial charge in [-0.3, -0.25) is 19.9 Å². The topological polar surface area (TPSA) is 95.8 Å². The molecule has 0 fully saturated rings. The monoisotopic (exact) mass is 949 g/mol. The minimum atomic E-state index is 0.448. The summed E-state index contributed by atoms with van der Waals surface area (Å²) in [7, 11) is 0. The van der Waals surface area contributed by atoms with Crippen molar-refractivity contribution in [2.24, 2.45) is 11.8 Å². The van der Waals surface area contributed by atoms with Gasteiger partial charge in [0.15, 0.2) is 0 Å². The molecule has 9 aromatic rings. The number of rotatable bonds is 22. The maximum Gasteiger partial charge on any atom is 0.128 e. The van der Waals surface area contributed by atoms with Crippen LogP contribution in [0.2, 0.25) is 0 Å². The van der Waals surface area contributed by atoms with Crippen molar-refractivity contribution in [3.05, 3.63) is 183 Å². The molecule has 8 nitrogen and oxygen atoms in total. The molecule has 0 bridgehead atoms. The molecule has 0 aliphatic carbocycles. The van der Waals surface area contributed by atoms with Gasteiger partial charge in [0.1, 0.15) is 11.5 Å². The highest BCUT2D eigenvalue weighted by molar-refractivity contribution is 5.84. The van der Waals surface area contributed by atoms with Gasteiger partial charge in [0.05, 0.1) is 58.8 Å². The lowest BCUT2D eigenvalue weighted by atomic mass is 9.94. The van der Waals surface area contributed by atoms with Crippen molar-refractivity contribution in [1.82, 2.24) is 29.9 Å². The molecule has 0 spiro atoms. The summed E-state index contributed by atoms with van der Waals surface area (Å²) in [6.45, 7) is 10.3. The molecule has 0 saturated carbocycles. The van der Waals surface area contributed by atoms with Crippen LogP contribution in [0.25, 0.3) is 90.1 Å². The van der Waals surface area contributed by atoms with Gasteiger partial charge in [-0.2, -0.15) is 0 Å². The van der Waals surface area contributed by atoms with E-state index in [-0.39, 0.29) is 0 Å². The van der Waals surface area contributed by atoms with Crippen molar-refractivity contribution < 1.29 is 9.47 Å². The third kappa shape index (κ3) is 12.2. The van der Waals surface area contributed by atoms with E-state index >= 15 is 0 Å². The highest BCUT2D eigenvalue weighted by Gasteiger charge is 2.20. The lowest BCUT2D eigenvalue weighted by molar-refractivity contribution is 0.229. The average Bonchev–Trinajstić information content (AvgIpc) is 3.46. The van der Waals surface area contributed by atoms with Gasteiger partial charge >= 0.3 is 0 Å². The molecule has 3 aromatic carbocycles. The van der Waals surface area contributed by atoms with Crippen LogP contribution in [0.1, 0.15) is 79.1 Å². The molecule has 362 valence electrons. The fourth-order valence-electron chi connectivity index (χ4n) is 9.12. The number of unbranched alkanes of at least 4 members (excludes halogenated alkanes) is 2. The van der Waals surface area contributed by atoms with Gasteiger partial charge in [-0.1, -0.05) is 139 Å². The van der Waals surface area contributed by atoms with E-state index in [0.29, 0.717) is 25.0 Å². The number of aromatic nitrogens is 6. The van der Waals surface area contributed by atoms with Crippen molar-refractivity contribution in [3.63, 3.8) is 0 Å². The van der Waals surface area contributed by atoms with Gasteiger partial charge in [0.2, 0.25) is 0 Å². The van der Waals surface area contributed by atoms with Gasteiger partial charge in [-0.15, -0.1) is 0 Å². The van der Waals surface area contributed by atoms with Crippen molar-refractivity contribution >= 4 is 0 Å². The molecule has 0 aliphatic rings. The Bertz CT molecular complexity index is 2790. The Kier molecular flexibility index (Phi) is 16.6. The molecule has 0 N–H and O–H groups in total. The van der Waals surface area contributed by atoms with Crippen LogP contribution in [0, 0.1) is 11.8 Å². The van der Waals surface area contributed by atoms with Crippen LogP contribution in [0.4, 0.5) is 0 Å². The Morgan fingerprint density at radius 3 is 0.944 bits per heavy atom. The summed E-state index contributed by atoms with van der Waals surface area (Å²) in [6, 6.07) is 54.1. The zero-order chi connectivity index (χ0) is 49.5. The van der Waals surface area contributed by atoms with Gasteiger partial charge in [0.25, 0.3) is 0 Å². The molecule has 6 aromatic heterocycles. The smallest absolute Gasteiger partial charge is 0.128 e. The molecule has 8 heteroatoms. The van der Waals surface area contributed by atoms with Gasteiger partial charge in [-0.05, 0) is 143 Å². The standard InChI is InChI=1S/C64H64N6O2/c1-5-9-19-45(7-3)43-71-63-41-54(50-31-27-48(28-32-50)52-39-61(57-23-13-17-35-67-57)70-62(40-52)58-24-14-18-36-68-58)64(72-44-46(8-4)20-10-6-2)42-53(63)49-29-25-47(26-30-49)51-37-59(55-21-11-15-33-65-55)69-60(38-51)56-22-12-16-34-66-56/h11-18,21-42,45-46H,5-10,19-20,43-44H2,1-4H3.